The number of nitrogens with zero attached hydrogens (tertiary/aromatic N) is 1. The highest BCUT2D eigenvalue weighted by molar-refractivity contribution is 5.92. The molecule has 0 radical (unpaired) electrons. The fourth-order valence-electron chi connectivity index (χ4n) is 1.96. The topological polar surface area (TPSA) is 52.6 Å². The number of rotatable bonds is 6. The second-order valence-corrected chi connectivity index (χ2v) is 4.70. The molecule has 0 spiro atoms. The molecule has 0 heterocycles. The van der Waals surface area contributed by atoms with Crippen molar-refractivity contribution in [3.63, 3.8) is 0 Å². The Kier molecular flexibility index (Phi) is 4.61. The number of hydrogen-bond acceptors (Lipinski definition) is 3. The van der Waals surface area contributed by atoms with Gasteiger partial charge in [-0.25, -0.2) is 13.2 Å². The van der Waals surface area contributed by atoms with Crippen molar-refractivity contribution in [3.8, 4) is 0 Å². The number of amides is 1. The molecule has 1 amide bonds. The first kappa shape index (κ1) is 14.8. The largest absolute Gasteiger partial charge is 0.395 e. The fraction of sp³-hybridized carbons (Fsp3) is 0.462. The summed E-state index contributed by atoms with van der Waals surface area (Å²) in [7, 11) is 0. The molecular formula is C13H15F3N2O2. The van der Waals surface area contributed by atoms with Crippen molar-refractivity contribution >= 4 is 11.6 Å². The van der Waals surface area contributed by atoms with Crippen molar-refractivity contribution < 1.29 is 23.1 Å². The van der Waals surface area contributed by atoms with Crippen LogP contribution in [0.4, 0.5) is 18.9 Å². The molecule has 7 heteroatoms. The maximum Gasteiger partial charge on any atom is 0.238 e. The van der Waals surface area contributed by atoms with Gasteiger partial charge in [0.1, 0.15) is 0 Å². The maximum atomic E-state index is 13.4. The SMILES string of the molecule is O=C(CN(CCO)C1CC1)Nc1ccc(F)c(F)c1F. The number of anilines is 1. The number of nitrogens with one attached hydrogen (secondary N) is 1. The molecule has 20 heavy (non-hydrogen) atoms. The van der Waals surface area contributed by atoms with Gasteiger partial charge >= 0.3 is 0 Å². The number of benzene rings is 1. The zero-order valence-corrected chi connectivity index (χ0v) is 10.7. The summed E-state index contributed by atoms with van der Waals surface area (Å²) in [4.78, 5) is 13.5. The van der Waals surface area contributed by atoms with E-state index in [2.05, 4.69) is 5.32 Å². The number of halogens is 3. The maximum absolute atomic E-state index is 13.4. The van der Waals surface area contributed by atoms with Crippen LogP contribution in [-0.2, 0) is 4.79 Å². The minimum Gasteiger partial charge on any atom is -0.395 e. The van der Waals surface area contributed by atoms with Crippen LogP contribution in [0.1, 0.15) is 12.8 Å². The van der Waals surface area contributed by atoms with Crippen LogP contribution in [-0.4, -0.2) is 41.7 Å². The molecule has 2 N–H and O–H groups in total. The van der Waals surface area contributed by atoms with Gasteiger partial charge in [0.05, 0.1) is 18.8 Å². The van der Waals surface area contributed by atoms with Crippen molar-refractivity contribution in [2.45, 2.75) is 18.9 Å². The molecule has 110 valence electrons. The molecule has 2 rings (SSSR count). The van der Waals surface area contributed by atoms with Crippen molar-refractivity contribution in [2.75, 3.05) is 25.0 Å². The summed E-state index contributed by atoms with van der Waals surface area (Å²) in [6.07, 6.45) is 1.90. The molecule has 0 aromatic heterocycles. The normalized spacial score (nSPS) is 14.7. The van der Waals surface area contributed by atoms with E-state index in [0.717, 1.165) is 25.0 Å². The van der Waals surface area contributed by atoms with E-state index in [0.29, 0.717) is 6.54 Å². The molecule has 4 nitrogen and oxygen atoms in total. The van der Waals surface area contributed by atoms with Gasteiger partial charge in [0.15, 0.2) is 17.5 Å². The number of aliphatic hydroxyl groups excluding tert-OH is 1. The zero-order chi connectivity index (χ0) is 14.7. The average Bonchev–Trinajstić information content (AvgIpc) is 3.23. The highest BCUT2D eigenvalue weighted by Gasteiger charge is 2.30. The van der Waals surface area contributed by atoms with Crippen LogP contribution < -0.4 is 5.32 Å². The Morgan fingerprint density at radius 1 is 1.30 bits per heavy atom. The van der Waals surface area contributed by atoms with Crippen LogP contribution in [0.3, 0.4) is 0 Å². The molecule has 0 bridgehead atoms. The molecule has 1 saturated carbocycles. The van der Waals surface area contributed by atoms with Gasteiger partial charge in [0.2, 0.25) is 5.91 Å². The van der Waals surface area contributed by atoms with E-state index >= 15 is 0 Å². The molecule has 1 fully saturated rings. The van der Waals surface area contributed by atoms with E-state index in [1.165, 1.54) is 0 Å². The summed E-state index contributed by atoms with van der Waals surface area (Å²) in [6, 6.07) is 1.97. The highest BCUT2D eigenvalue weighted by atomic mass is 19.2. The Morgan fingerprint density at radius 3 is 2.60 bits per heavy atom. The minimum absolute atomic E-state index is 0.0241. The lowest BCUT2D eigenvalue weighted by Gasteiger charge is -2.20. The van der Waals surface area contributed by atoms with E-state index in [-0.39, 0.29) is 19.2 Å². The van der Waals surface area contributed by atoms with E-state index in [4.69, 9.17) is 5.11 Å². The third-order valence-electron chi connectivity index (χ3n) is 3.11. The van der Waals surface area contributed by atoms with E-state index in [1.54, 1.807) is 4.90 Å². The van der Waals surface area contributed by atoms with Crippen molar-refractivity contribution in [3.05, 3.63) is 29.6 Å². The monoisotopic (exact) mass is 288 g/mol. The molecule has 1 aromatic rings. The highest BCUT2D eigenvalue weighted by Crippen LogP contribution is 2.26. The summed E-state index contributed by atoms with van der Waals surface area (Å²) in [5, 5.41) is 11.1. The Hall–Kier alpha value is -1.60. The van der Waals surface area contributed by atoms with Gasteiger partial charge in [-0.3, -0.25) is 9.69 Å². The van der Waals surface area contributed by atoms with Crippen molar-refractivity contribution in [2.24, 2.45) is 0 Å². The van der Waals surface area contributed by atoms with Crippen LogP contribution in [0.5, 0.6) is 0 Å². The molecule has 0 atom stereocenters. The quantitative estimate of drug-likeness (QED) is 0.780. The lowest BCUT2D eigenvalue weighted by Crippen LogP contribution is -2.37. The Bertz CT molecular complexity index is 507. The Morgan fingerprint density at radius 2 is 2.00 bits per heavy atom. The van der Waals surface area contributed by atoms with Gasteiger partial charge in [-0.05, 0) is 25.0 Å². The van der Waals surface area contributed by atoms with Gasteiger partial charge in [-0.1, -0.05) is 0 Å². The smallest absolute Gasteiger partial charge is 0.238 e. The summed E-state index contributed by atoms with van der Waals surface area (Å²) in [6.45, 7) is 0.241. The third-order valence-corrected chi connectivity index (χ3v) is 3.11. The molecule has 0 unspecified atom stereocenters. The molecule has 1 aliphatic rings. The van der Waals surface area contributed by atoms with Gasteiger partial charge in [-0.2, -0.15) is 0 Å². The van der Waals surface area contributed by atoms with Gasteiger partial charge < -0.3 is 10.4 Å². The van der Waals surface area contributed by atoms with Gasteiger partial charge in [-0.15, -0.1) is 0 Å². The van der Waals surface area contributed by atoms with Crippen LogP contribution >= 0.6 is 0 Å². The number of carbonyl (C=O) groups excluding carboxylic acids is 1. The van der Waals surface area contributed by atoms with Crippen molar-refractivity contribution in [1.82, 2.24) is 4.90 Å². The van der Waals surface area contributed by atoms with Crippen LogP contribution in [0.25, 0.3) is 0 Å². The summed E-state index contributed by atoms with van der Waals surface area (Å²) >= 11 is 0. The number of aliphatic hydroxyl groups is 1. The predicted molar refractivity (Wildman–Crippen MR) is 66.6 cm³/mol. The number of carbonyl (C=O) groups is 1. The van der Waals surface area contributed by atoms with E-state index in [9.17, 15) is 18.0 Å². The molecule has 1 aromatic carbocycles. The minimum atomic E-state index is -1.61. The Balaban J connectivity index is 1.98. The summed E-state index contributed by atoms with van der Waals surface area (Å²) < 4.78 is 39.2. The standard InChI is InChI=1S/C13H15F3N2O2/c14-9-3-4-10(13(16)12(9)15)17-11(20)7-18(5-6-19)8-1-2-8/h3-4,8,19H,1-2,5-7H2,(H,17,20). The predicted octanol–water partition coefficient (Wildman–Crippen LogP) is 1.50. The molecule has 0 aliphatic heterocycles. The first-order chi connectivity index (χ1) is 9.52. The van der Waals surface area contributed by atoms with E-state index in [1.807, 2.05) is 0 Å². The molecule has 1 aliphatic carbocycles. The zero-order valence-electron chi connectivity index (χ0n) is 10.7. The van der Waals surface area contributed by atoms with E-state index < -0.39 is 29.0 Å². The first-order valence-corrected chi connectivity index (χ1v) is 6.31. The summed E-state index contributed by atoms with van der Waals surface area (Å²) in [5.74, 6) is -4.87. The second kappa shape index (κ2) is 6.23. The first-order valence-electron chi connectivity index (χ1n) is 6.31. The number of hydrogen-bond donors (Lipinski definition) is 2. The van der Waals surface area contributed by atoms with Crippen molar-refractivity contribution in [1.29, 1.82) is 0 Å². The average molecular weight is 288 g/mol. The molecule has 0 saturated heterocycles. The van der Waals surface area contributed by atoms with Crippen LogP contribution in [0.15, 0.2) is 12.1 Å². The lowest BCUT2D eigenvalue weighted by atomic mass is 10.2. The second-order valence-electron chi connectivity index (χ2n) is 4.70. The fourth-order valence-corrected chi connectivity index (χ4v) is 1.96. The lowest BCUT2D eigenvalue weighted by molar-refractivity contribution is -0.117. The summed E-state index contributed by atoms with van der Waals surface area (Å²) in [5.41, 5.74) is -0.395. The van der Waals surface area contributed by atoms with Gasteiger partial charge in [0, 0.05) is 12.6 Å². The molecular weight excluding hydrogens is 273 g/mol. The van der Waals surface area contributed by atoms with Crippen LogP contribution in [0, 0.1) is 17.5 Å². The van der Waals surface area contributed by atoms with Gasteiger partial charge in [0.25, 0.3) is 0 Å². The Labute approximate surface area is 114 Å². The van der Waals surface area contributed by atoms with Crippen LogP contribution in [0.2, 0.25) is 0 Å². The third kappa shape index (κ3) is 3.49.